The van der Waals surface area contributed by atoms with Crippen molar-refractivity contribution < 1.29 is 22.7 Å². The molecule has 6 nitrogen and oxygen atoms in total. The van der Waals surface area contributed by atoms with Crippen molar-refractivity contribution in [1.29, 1.82) is 0 Å². The average Bonchev–Trinajstić information content (AvgIpc) is 2.74. The van der Waals surface area contributed by atoms with Gasteiger partial charge in [-0.1, -0.05) is 19.1 Å². The monoisotopic (exact) mass is 450 g/mol. The first-order chi connectivity index (χ1) is 15.2. The summed E-state index contributed by atoms with van der Waals surface area (Å²) in [6.07, 6.45) is -0.603. The molecule has 174 valence electrons. The van der Waals surface area contributed by atoms with Gasteiger partial charge in [0.25, 0.3) is 0 Å². The van der Waals surface area contributed by atoms with Gasteiger partial charge in [-0.15, -0.1) is 13.2 Å². The van der Waals surface area contributed by atoms with Crippen LogP contribution in [0.2, 0.25) is 0 Å². The predicted molar refractivity (Wildman–Crippen MR) is 116 cm³/mol. The van der Waals surface area contributed by atoms with E-state index in [1.807, 2.05) is 4.90 Å². The fraction of sp³-hybridized carbons (Fsp3) is 0.565. The minimum absolute atomic E-state index is 0.00799. The molecular formula is C23H29F3N4O2. The van der Waals surface area contributed by atoms with Crippen molar-refractivity contribution >= 4 is 16.9 Å². The molecule has 9 heteroatoms. The maximum atomic E-state index is 13.0. The quantitative estimate of drug-likeness (QED) is 0.755. The number of fused-ring (bicyclic) bond motifs is 1. The van der Waals surface area contributed by atoms with Gasteiger partial charge >= 0.3 is 12.4 Å². The van der Waals surface area contributed by atoms with Crippen LogP contribution in [-0.2, 0) is 0 Å². The van der Waals surface area contributed by atoms with E-state index in [2.05, 4.69) is 33.9 Å². The molecule has 0 saturated carbocycles. The highest BCUT2D eigenvalue weighted by Gasteiger charge is 2.34. The summed E-state index contributed by atoms with van der Waals surface area (Å²) in [7, 11) is 2.08. The third-order valence-corrected chi connectivity index (χ3v) is 6.42. The van der Waals surface area contributed by atoms with Gasteiger partial charge in [0.2, 0.25) is 0 Å². The van der Waals surface area contributed by atoms with Gasteiger partial charge in [-0.2, -0.15) is 0 Å². The Balaban J connectivity index is 1.54. The second kappa shape index (κ2) is 9.13. The lowest BCUT2D eigenvalue weighted by Crippen LogP contribution is -2.52. The SMILES string of the molecule is CC1CC(c2ccc(OC(F)(F)F)c3ncccc23)CN(C(=O)NC2CCN(C)CC2)C1. The lowest BCUT2D eigenvalue weighted by molar-refractivity contribution is -0.274. The standard InChI is InChI=1S/C23H29F3N4O2/c1-15-12-16(14-30(13-15)22(31)28-17-7-10-29(2)11-8-17)18-5-6-20(32-23(24,25)26)21-19(18)4-3-9-27-21/h3-6,9,15-17H,7-8,10-14H2,1-2H3,(H,28,31). The first-order valence-corrected chi connectivity index (χ1v) is 11.1. The van der Waals surface area contributed by atoms with Gasteiger partial charge in [-0.25, -0.2) is 4.79 Å². The molecule has 2 aliphatic heterocycles. The molecule has 2 aliphatic rings. The van der Waals surface area contributed by atoms with Crippen molar-refractivity contribution in [3.63, 3.8) is 0 Å². The second-order valence-corrected chi connectivity index (χ2v) is 9.07. The van der Waals surface area contributed by atoms with Crippen LogP contribution in [0.3, 0.4) is 0 Å². The van der Waals surface area contributed by atoms with Crippen LogP contribution in [0.1, 0.15) is 37.7 Å². The fourth-order valence-corrected chi connectivity index (χ4v) is 4.89. The lowest BCUT2D eigenvalue weighted by Gasteiger charge is -2.38. The zero-order valence-corrected chi connectivity index (χ0v) is 18.4. The molecule has 2 saturated heterocycles. The molecule has 2 atom stereocenters. The Hall–Kier alpha value is -2.55. The first-order valence-electron chi connectivity index (χ1n) is 11.1. The normalized spacial score (nSPS) is 23.3. The van der Waals surface area contributed by atoms with Crippen LogP contribution in [0, 0.1) is 5.92 Å². The van der Waals surface area contributed by atoms with E-state index < -0.39 is 6.36 Å². The molecule has 4 rings (SSSR count). The number of halogens is 3. The molecule has 0 aliphatic carbocycles. The Bertz CT molecular complexity index is 960. The second-order valence-electron chi connectivity index (χ2n) is 9.07. The fourth-order valence-electron chi connectivity index (χ4n) is 4.89. The van der Waals surface area contributed by atoms with Crippen LogP contribution in [0.4, 0.5) is 18.0 Å². The molecule has 1 aromatic carbocycles. The summed E-state index contributed by atoms with van der Waals surface area (Å²) in [5, 5.41) is 3.81. The molecule has 0 radical (unpaired) electrons. The number of alkyl halides is 3. The number of carbonyl (C=O) groups is 1. The number of ether oxygens (including phenoxy) is 1. The van der Waals surface area contributed by atoms with Gasteiger partial charge in [-0.3, -0.25) is 4.98 Å². The number of pyridine rings is 1. The topological polar surface area (TPSA) is 57.7 Å². The Morgan fingerprint density at radius 3 is 2.66 bits per heavy atom. The average molecular weight is 451 g/mol. The molecule has 1 aromatic heterocycles. The molecule has 2 amide bonds. The Morgan fingerprint density at radius 2 is 1.94 bits per heavy atom. The Labute approximate surface area is 185 Å². The van der Waals surface area contributed by atoms with E-state index in [-0.39, 0.29) is 35.2 Å². The summed E-state index contributed by atoms with van der Waals surface area (Å²) < 4.78 is 42.7. The number of carbonyl (C=O) groups excluding carboxylic acids is 1. The van der Waals surface area contributed by atoms with Gasteiger partial charge in [0.15, 0.2) is 5.75 Å². The minimum Gasteiger partial charge on any atom is -0.403 e. The Morgan fingerprint density at radius 1 is 1.19 bits per heavy atom. The van der Waals surface area contributed by atoms with Gasteiger partial charge in [0.1, 0.15) is 5.52 Å². The van der Waals surface area contributed by atoms with Crippen LogP contribution in [-0.4, -0.2) is 66.4 Å². The number of nitrogens with one attached hydrogen (secondary N) is 1. The molecule has 0 bridgehead atoms. The lowest BCUT2D eigenvalue weighted by atomic mass is 9.84. The smallest absolute Gasteiger partial charge is 0.403 e. The molecule has 2 fully saturated rings. The molecule has 3 heterocycles. The highest BCUT2D eigenvalue weighted by molar-refractivity contribution is 5.88. The zero-order chi connectivity index (χ0) is 22.9. The number of likely N-dealkylation sites (tertiary alicyclic amines) is 2. The number of hydrogen-bond acceptors (Lipinski definition) is 4. The number of piperidine rings is 2. The maximum absolute atomic E-state index is 13.0. The highest BCUT2D eigenvalue weighted by Crippen LogP contribution is 2.38. The van der Waals surface area contributed by atoms with Crippen molar-refractivity contribution in [2.75, 3.05) is 33.2 Å². The van der Waals surface area contributed by atoms with Crippen LogP contribution in [0.25, 0.3) is 10.9 Å². The summed E-state index contributed by atoms with van der Waals surface area (Å²) >= 11 is 0. The number of benzene rings is 1. The molecule has 2 unspecified atom stereocenters. The highest BCUT2D eigenvalue weighted by atomic mass is 19.4. The molecule has 2 aromatic rings. The van der Waals surface area contributed by atoms with E-state index in [1.54, 1.807) is 18.2 Å². The third kappa shape index (κ3) is 5.26. The van der Waals surface area contributed by atoms with Crippen LogP contribution in [0.5, 0.6) is 5.75 Å². The van der Waals surface area contributed by atoms with Gasteiger partial charge in [-0.05, 0) is 63.0 Å². The van der Waals surface area contributed by atoms with E-state index in [0.717, 1.165) is 37.9 Å². The van der Waals surface area contributed by atoms with E-state index in [4.69, 9.17) is 0 Å². The van der Waals surface area contributed by atoms with Crippen molar-refractivity contribution in [2.45, 2.75) is 44.5 Å². The summed E-state index contributed by atoms with van der Waals surface area (Å²) in [6, 6.07) is 6.61. The molecule has 32 heavy (non-hydrogen) atoms. The summed E-state index contributed by atoms with van der Waals surface area (Å²) in [4.78, 5) is 21.2. The van der Waals surface area contributed by atoms with Crippen molar-refractivity contribution in [1.82, 2.24) is 20.1 Å². The van der Waals surface area contributed by atoms with Gasteiger partial charge in [0.05, 0.1) is 0 Å². The largest absolute Gasteiger partial charge is 0.573 e. The molecule has 0 spiro atoms. The Kier molecular flexibility index (Phi) is 6.46. The summed E-state index contributed by atoms with van der Waals surface area (Å²) in [5.41, 5.74) is 1.08. The molecule has 1 N–H and O–H groups in total. The van der Waals surface area contributed by atoms with E-state index in [0.29, 0.717) is 18.5 Å². The number of amides is 2. The first kappa shape index (κ1) is 22.6. The van der Waals surface area contributed by atoms with Crippen molar-refractivity contribution in [2.24, 2.45) is 5.92 Å². The zero-order valence-electron chi connectivity index (χ0n) is 18.4. The molecular weight excluding hydrogens is 421 g/mol. The van der Waals surface area contributed by atoms with Crippen LogP contribution < -0.4 is 10.1 Å². The maximum Gasteiger partial charge on any atom is 0.573 e. The van der Waals surface area contributed by atoms with E-state index in [1.165, 1.54) is 12.3 Å². The summed E-state index contributed by atoms with van der Waals surface area (Å²) in [5.74, 6) is -0.0268. The number of urea groups is 1. The minimum atomic E-state index is -4.78. The van der Waals surface area contributed by atoms with Crippen molar-refractivity contribution in [3.05, 3.63) is 36.0 Å². The van der Waals surface area contributed by atoms with Gasteiger partial charge < -0.3 is 19.9 Å². The number of nitrogens with zero attached hydrogens (tertiary/aromatic N) is 3. The third-order valence-electron chi connectivity index (χ3n) is 6.42. The number of aromatic nitrogens is 1. The predicted octanol–water partition coefficient (Wildman–Crippen LogP) is 4.36. The van der Waals surface area contributed by atoms with Crippen molar-refractivity contribution in [3.8, 4) is 5.75 Å². The van der Waals surface area contributed by atoms with E-state index >= 15 is 0 Å². The summed E-state index contributed by atoms with van der Waals surface area (Å²) in [6.45, 7) is 5.22. The van der Waals surface area contributed by atoms with E-state index in [9.17, 15) is 18.0 Å². The number of rotatable bonds is 3. The van der Waals surface area contributed by atoms with Gasteiger partial charge in [0, 0.05) is 36.6 Å². The van der Waals surface area contributed by atoms with Crippen LogP contribution in [0.15, 0.2) is 30.5 Å². The van der Waals surface area contributed by atoms with Crippen LogP contribution >= 0.6 is 0 Å². The number of hydrogen-bond donors (Lipinski definition) is 1.